The first-order chi connectivity index (χ1) is 14.3. The van der Waals surface area contributed by atoms with Gasteiger partial charge in [0.2, 0.25) is 0 Å². The van der Waals surface area contributed by atoms with E-state index in [1.54, 1.807) is 0 Å². The van der Waals surface area contributed by atoms with Gasteiger partial charge in [0.15, 0.2) is 0 Å². The zero-order valence-corrected chi connectivity index (χ0v) is 17.1. The molecule has 2 fully saturated rings. The normalized spacial score (nSPS) is 19.7. The maximum absolute atomic E-state index is 13.4. The fraction of sp³-hybridized carbons (Fsp3) is 0.409. The molecule has 1 aromatic carbocycles. The van der Waals surface area contributed by atoms with Crippen molar-refractivity contribution in [2.75, 3.05) is 13.1 Å². The van der Waals surface area contributed by atoms with Crippen LogP contribution in [-0.2, 0) is 0 Å². The molecule has 1 unspecified atom stereocenters. The molecule has 1 atom stereocenters. The van der Waals surface area contributed by atoms with Crippen LogP contribution < -0.4 is 5.32 Å². The lowest BCUT2D eigenvalue weighted by molar-refractivity contribution is 0.0389. The van der Waals surface area contributed by atoms with Crippen LogP contribution in [-0.4, -0.2) is 50.7 Å². The van der Waals surface area contributed by atoms with Crippen molar-refractivity contribution in [3.63, 3.8) is 0 Å². The Morgan fingerprint density at radius 3 is 2.69 bits per heavy atom. The predicted octanol–water partition coefficient (Wildman–Crippen LogP) is 3.74. The molecule has 1 saturated heterocycles. The van der Waals surface area contributed by atoms with Gasteiger partial charge in [-0.1, -0.05) is 18.2 Å². The average Bonchev–Trinajstić information content (AvgIpc) is 3.41. The molecule has 1 saturated carbocycles. The van der Waals surface area contributed by atoms with Crippen LogP contribution in [0, 0.1) is 0 Å². The Morgan fingerprint density at radius 1 is 1.14 bits per heavy atom. The molecular formula is C22H25N5OS. The van der Waals surface area contributed by atoms with E-state index in [1.807, 2.05) is 52.8 Å². The van der Waals surface area contributed by atoms with Gasteiger partial charge in [-0.2, -0.15) is 5.10 Å². The van der Waals surface area contributed by atoms with Gasteiger partial charge in [0.1, 0.15) is 10.7 Å². The fourth-order valence-corrected chi connectivity index (χ4v) is 4.93. The molecule has 0 bridgehead atoms. The van der Waals surface area contributed by atoms with Gasteiger partial charge in [0.05, 0.1) is 11.9 Å². The third kappa shape index (κ3) is 3.72. The number of thiazole rings is 1. The molecular weight excluding hydrogens is 382 g/mol. The average molecular weight is 408 g/mol. The maximum atomic E-state index is 13.4. The lowest BCUT2D eigenvalue weighted by Crippen LogP contribution is -2.55. The first-order valence-electron chi connectivity index (χ1n) is 10.4. The summed E-state index contributed by atoms with van der Waals surface area (Å²) < 4.78 is 1.84. The van der Waals surface area contributed by atoms with Crippen LogP contribution in [0.5, 0.6) is 0 Å². The second-order valence-corrected chi connectivity index (χ2v) is 8.70. The van der Waals surface area contributed by atoms with Gasteiger partial charge in [-0.15, -0.1) is 11.3 Å². The molecule has 150 valence electrons. The van der Waals surface area contributed by atoms with E-state index in [4.69, 9.17) is 4.98 Å². The van der Waals surface area contributed by atoms with Crippen LogP contribution in [0.3, 0.4) is 0 Å². The van der Waals surface area contributed by atoms with E-state index in [0.29, 0.717) is 11.7 Å². The fourth-order valence-electron chi connectivity index (χ4n) is 4.16. The summed E-state index contributed by atoms with van der Waals surface area (Å²) in [4.78, 5) is 20.2. The summed E-state index contributed by atoms with van der Waals surface area (Å²) in [5.74, 6) is 0.0846. The number of hydrogen-bond acceptors (Lipinski definition) is 5. The second-order valence-electron chi connectivity index (χ2n) is 7.84. The van der Waals surface area contributed by atoms with E-state index < -0.39 is 0 Å². The highest BCUT2D eigenvalue weighted by Crippen LogP contribution is 2.31. The van der Waals surface area contributed by atoms with E-state index in [0.717, 1.165) is 55.0 Å². The van der Waals surface area contributed by atoms with Gasteiger partial charge in [0, 0.05) is 35.8 Å². The highest BCUT2D eigenvalue weighted by atomic mass is 32.1. The third-order valence-corrected chi connectivity index (χ3v) is 6.83. The van der Waals surface area contributed by atoms with Crippen molar-refractivity contribution in [1.29, 1.82) is 0 Å². The second kappa shape index (κ2) is 8.08. The Bertz CT molecular complexity index is 972. The molecule has 7 heteroatoms. The largest absolute Gasteiger partial charge is 0.330 e. The summed E-state index contributed by atoms with van der Waals surface area (Å²) in [6.45, 7) is 1.94. The first kappa shape index (κ1) is 18.5. The van der Waals surface area contributed by atoms with Crippen LogP contribution in [0.4, 0.5) is 0 Å². The zero-order valence-electron chi connectivity index (χ0n) is 16.3. The molecule has 3 aromatic rings. The molecule has 1 N–H and O–H groups in total. The van der Waals surface area contributed by atoms with Crippen LogP contribution in [0.2, 0.25) is 0 Å². The molecule has 2 aromatic heterocycles. The lowest BCUT2D eigenvalue weighted by atomic mass is 9.88. The Kier molecular flexibility index (Phi) is 5.16. The van der Waals surface area contributed by atoms with E-state index >= 15 is 0 Å². The summed E-state index contributed by atoms with van der Waals surface area (Å²) in [5.41, 5.74) is 2.51. The van der Waals surface area contributed by atoms with Crippen molar-refractivity contribution in [3.05, 3.63) is 53.8 Å². The first-order valence-corrected chi connectivity index (χ1v) is 11.3. The molecule has 3 heterocycles. The Hall–Kier alpha value is -2.51. The third-order valence-electron chi connectivity index (χ3n) is 5.94. The number of para-hydroxylation sites is 1. The SMILES string of the molecule is O=C(c1csc(-c2cnn(-c3ccccc3)c2)n1)N(C1CCC1)C1CCCNC1. The Morgan fingerprint density at radius 2 is 1.97 bits per heavy atom. The van der Waals surface area contributed by atoms with Gasteiger partial charge >= 0.3 is 0 Å². The number of carbonyl (C=O) groups excluding carboxylic acids is 1. The number of nitrogens with one attached hydrogen (secondary N) is 1. The highest BCUT2D eigenvalue weighted by Gasteiger charge is 2.36. The molecule has 2 aliphatic rings. The van der Waals surface area contributed by atoms with Gasteiger partial charge < -0.3 is 10.2 Å². The monoisotopic (exact) mass is 407 g/mol. The summed E-state index contributed by atoms with van der Waals surface area (Å²) in [5, 5.41) is 10.6. The summed E-state index contributed by atoms with van der Waals surface area (Å²) in [7, 11) is 0. The highest BCUT2D eigenvalue weighted by molar-refractivity contribution is 7.13. The molecule has 1 amide bonds. The minimum absolute atomic E-state index is 0.0846. The van der Waals surface area contributed by atoms with Crippen LogP contribution in [0.1, 0.15) is 42.6 Å². The molecule has 6 nitrogen and oxygen atoms in total. The summed E-state index contributed by atoms with van der Waals surface area (Å²) in [6, 6.07) is 10.7. The van der Waals surface area contributed by atoms with Crippen LogP contribution in [0.25, 0.3) is 16.3 Å². The molecule has 0 spiro atoms. The summed E-state index contributed by atoms with van der Waals surface area (Å²) in [6.07, 6.45) is 9.44. The quantitative estimate of drug-likeness (QED) is 0.700. The molecule has 1 aliphatic carbocycles. The molecule has 0 radical (unpaired) electrons. The van der Waals surface area contributed by atoms with Crippen LogP contribution >= 0.6 is 11.3 Å². The number of benzene rings is 1. The van der Waals surface area contributed by atoms with E-state index in [9.17, 15) is 4.79 Å². The topological polar surface area (TPSA) is 63.1 Å². The Labute approximate surface area is 174 Å². The zero-order chi connectivity index (χ0) is 19.6. The predicted molar refractivity (Wildman–Crippen MR) is 114 cm³/mol. The smallest absolute Gasteiger partial charge is 0.273 e. The van der Waals surface area contributed by atoms with Crippen molar-refractivity contribution in [2.45, 2.75) is 44.2 Å². The molecule has 29 heavy (non-hydrogen) atoms. The number of piperidine rings is 1. The minimum Gasteiger partial charge on any atom is -0.330 e. The lowest BCUT2D eigenvalue weighted by Gasteiger charge is -2.43. The number of aromatic nitrogens is 3. The van der Waals surface area contributed by atoms with Gasteiger partial charge in [-0.05, 0) is 50.8 Å². The van der Waals surface area contributed by atoms with Crippen LogP contribution in [0.15, 0.2) is 48.1 Å². The number of carbonyl (C=O) groups is 1. The van der Waals surface area contributed by atoms with Crippen molar-refractivity contribution < 1.29 is 4.79 Å². The standard InChI is InChI=1S/C22H25N5OS/c28-22(27(18-8-4-9-18)19-10-5-11-23-13-19)20-15-29-21(25-20)16-12-24-26(14-16)17-6-2-1-3-7-17/h1-3,6-7,12,14-15,18-19,23H,4-5,8-11,13H2. The number of rotatable bonds is 5. The van der Waals surface area contributed by atoms with Crippen molar-refractivity contribution in [3.8, 4) is 16.3 Å². The minimum atomic E-state index is 0.0846. The molecule has 5 rings (SSSR count). The van der Waals surface area contributed by atoms with Gasteiger partial charge in [-0.25, -0.2) is 9.67 Å². The number of hydrogen-bond donors (Lipinski definition) is 1. The Balaban J connectivity index is 1.37. The number of nitrogens with zero attached hydrogens (tertiary/aromatic N) is 4. The van der Waals surface area contributed by atoms with E-state index in [1.165, 1.54) is 17.8 Å². The van der Waals surface area contributed by atoms with Crippen molar-refractivity contribution in [1.82, 2.24) is 25.0 Å². The van der Waals surface area contributed by atoms with Crippen molar-refractivity contribution >= 4 is 17.2 Å². The summed E-state index contributed by atoms with van der Waals surface area (Å²) >= 11 is 1.51. The van der Waals surface area contributed by atoms with Gasteiger partial charge in [-0.3, -0.25) is 4.79 Å². The van der Waals surface area contributed by atoms with Crippen molar-refractivity contribution in [2.24, 2.45) is 0 Å². The number of amides is 1. The van der Waals surface area contributed by atoms with E-state index in [-0.39, 0.29) is 11.9 Å². The van der Waals surface area contributed by atoms with Gasteiger partial charge in [0.25, 0.3) is 5.91 Å². The molecule has 1 aliphatic heterocycles. The van der Waals surface area contributed by atoms with E-state index in [2.05, 4.69) is 15.3 Å². The maximum Gasteiger partial charge on any atom is 0.273 e.